The fraction of sp³-hybridized carbons (Fsp3) is 0.778. The molecule has 0 unspecified atom stereocenters. The Morgan fingerprint density at radius 2 is 2.12 bits per heavy atom. The highest BCUT2D eigenvalue weighted by Gasteiger charge is 2.36. The van der Waals surface area contributed by atoms with Crippen LogP contribution >= 0.6 is 0 Å². The van der Waals surface area contributed by atoms with Crippen molar-refractivity contribution >= 4 is 6.03 Å². The van der Waals surface area contributed by atoms with Crippen molar-refractivity contribution in [2.75, 3.05) is 13.1 Å². The number of amides is 2. The fourth-order valence-electron chi connectivity index (χ4n) is 4.22. The Morgan fingerprint density at radius 3 is 2.83 bits per heavy atom. The highest BCUT2D eigenvalue weighted by Crippen LogP contribution is 2.36. The molecule has 2 aliphatic rings. The maximum atomic E-state index is 12.6. The molecule has 1 aliphatic heterocycles. The van der Waals surface area contributed by atoms with Gasteiger partial charge in [0.25, 0.3) is 0 Å². The summed E-state index contributed by atoms with van der Waals surface area (Å²) in [5.74, 6) is 1.57. The molecule has 2 N–H and O–H groups in total. The van der Waals surface area contributed by atoms with Crippen molar-refractivity contribution in [1.29, 1.82) is 0 Å². The Labute approximate surface area is 143 Å². The Bertz CT molecular complexity index is 566. The molecule has 1 aromatic heterocycles. The molecule has 2 fully saturated rings. The molecular formula is C18H29N3O3. The summed E-state index contributed by atoms with van der Waals surface area (Å²) in [6.07, 6.45) is 6.11. The van der Waals surface area contributed by atoms with E-state index in [2.05, 4.69) is 10.5 Å². The van der Waals surface area contributed by atoms with Crippen LogP contribution in [-0.4, -0.2) is 40.4 Å². The number of nitrogens with one attached hydrogen (secondary N) is 1. The van der Waals surface area contributed by atoms with Crippen LogP contribution in [0.25, 0.3) is 0 Å². The van der Waals surface area contributed by atoms with E-state index in [4.69, 9.17) is 4.52 Å². The molecule has 3 rings (SSSR count). The summed E-state index contributed by atoms with van der Waals surface area (Å²) in [7, 11) is 0. The highest BCUT2D eigenvalue weighted by atomic mass is 16.5. The molecule has 2 amide bonds. The number of carbonyl (C=O) groups is 1. The van der Waals surface area contributed by atoms with Gasteiger partial charge in [0.15, 0.2) is 0 Å². The number of aryl methyl sites for hydroxylation is 2. The molecule has 2 heterocycles. The van der Waals surface area contributed by atoms with Crippen LogP contribution in [0.2, 0.25) is 0 Å². The van der Waals surface area contributed by atoms with Crippen LogP contribution in [0, 0.1) is 18.8 Å². The average molecular weight is 335 g/mol. The molecule has 1 saturated carbocycles. The van der Waals surface area contributed by atoms with Crippen LogP contribution in [0.3, 0.4) is 0 Å². The number of piperidine rings is 1. The number of nitrogens with zero attached hydrogens (tertiary/aromatic N) is 2. The van der Waals surface area contributed by atoms with E-state index in [0.717, 1.165) is 23.4 Å². The van der Waals surface area contributed by atoms with Gasteiger partial charge in [-0.25, -0.2) is 4.79 Å². The SMILES string of the molecule is CCc1noc(C)c1CNC(=O)N1CC[C@@H](O)[C@H](C2CCCC2)C1. The smallest absolute Gasteiger partial charge is 0.317 e. The standard InChI is InChI=1S/C18H29N3O3/c1-3-16-14(12(2)24-20-16)10-19-18(23)21-9-8-17(22)15(11-21)13-6-4-5-7-13/h13,15,17,22H,3-11H2,1-2H3,(H,19,23)/t15-,17+/m0/s1. The summed E-state index contributed by atoms with van der Waals surface area (Å²) >= 11 is 0. The maximum absolute atomic E-state index is 12.6. The molecule has 6 heteroatoms. The molecular weight excluding hydrogens is 306 g/mol. The van der Waals surface area contributed by atoms with Crippen LogP contribution < -0.4 is 5.32 Å². The van der Waals surface area contributed by atoms with Crippen molar-refractivity contribution in [3.8, 4) is 0 Å². The molecule has 24 heavy (non-hydrogen) atoms. The zero-order valence-corrected chi connectivity index (χ0v) is 14.8. The molecule has 2 atom stereocenters. The van der Waals surface area contributed by atoms with E-state index in [0.29, 0.717) is 32.0 Å². The number of hydrogen-bond acceptors (Lipinski definition) is 4. The second-order valence-electron chi connectivity index (χ2n) is 7.19. The lowest BCUT2D eigenvalue weighted by Crippen LogP contribution is -2.51. The van der Waals surface area contributed by atoms with Crippen molar-refractivity contribution < 1.29 is 14.4 Å². The van der Waals surface area contributed by atoms with Crippen LogP contribution in [0.1, 0.15) is 56.0 Å². The minimum Gasteiger partial charge on any atom is -0.393 e. The minimum absolute atomic E-state index is 0.0486. The second-order valence-corrected chi connectivity index (χ2v) is 7.19. The number of hydrogen-bond donors (Lipinski definition) is 2. The van der Waals surface area contributed by atoms with Crippen molar-refractivity contribution in [2.24, 2.45) is 11.8 Å². The van der Waals surface area contributed by atoms with Gasteiger partial charge in [0.2, 0.25) is 0 Å². The predicted molar refractivity (Wildman–Crippen MR) is 90.5 cm³/mol. The van der Waals surface area contributed by atoms with Gasteiger partial charge in [-0.1, -0.05) is 37.8 Å². The number of urea groups is 1. The minimum atomic E-state index is -0.260. The Hall–Kier alpha value is -1.56. The summed E-state index contributed by atoms with van der Waals surface area (Å²) in [5.41, 5.74) is 1.89. The molecule has 1 aromatic rings. The second kappa shape index (κ2) is 7.55. The van der Waals surface area contributed by atoms with Crippen LogP contribution in [0.15, 0.2) is 4.52 Å². The highest BCUT2D eigenvalue weighted by molar-refractivity contribution is 5.74. The molecule has 1 saturated heterocycles. The summed E-state index contributed by atoms with van der Waals surface area (Å²) in [6, 6.07) is -0.0486. The first-order chi connectivity index (χ1) is 11.6. The van der Waals surface area contributed by atoms with E-state index in [1.807, 2.05) is 18.7 Å². The van der Waals surface area contributed by atoms with Gasteiger partial charge in [-0.2, -0.15) is 0 Å². The first-order valence-corrected chi connectivity index (χ1v) is 9.25. The number of aromatic nitrogens is 1. The third kappa shape index (κ3) is 3.58. The predicted octanol–water partition coefficient (Wildman–Crippen LogP) is 2.63. The monoisotopic (exact) mass is 335 g/mol. The van der Waals surface area contributed by atoms with Gasteiger partial charge >= 0.3 is 6.03 Å². The fourth-order valence-corrected chi connectivity index (χ4v) is 4.22. The molecule has 1 aliphatic carbocycles. The molecule has 0 bridgehead atoms. The molecule has 0 spiro atoms. The Morgan fingerprint density at radius 1 is 1.38 bits per heavy atom. The van der Waals surface area contributed by atoms with E-state index < -0.39 is 0 Å². The maximum Gasteiger partial charge on any atom is 0.317 e. The number of likely N-dealkylation sites (tertiary alicyclic amines) is 1. The van der Waals surface area contributed by atoms with E-state index >= 15 is 0 Å². The van der Waals surface area contributed by atoms with Crippen molar-refractivity contribution in [3.63, 3.8) is 0 Å². The van der Waals surface area contributed by atoms with E-state index in [1.54, 1.807) is 0 Å². The van der Waals surface area contributed by atoms with Gasteiger partial charge in [-0.3, -0.25) is 0 Å². The normalized spacial score (nSPS) is 25.2. The van der Waals surface area contributed by atoms with Crippen molar-refractivity contribution in [3.05, 3.63) is 17.0 Å². The first-order valence-electron chi connectivity index (χ1n) is 9.25. The van der Waals surface area contributed by atoms with Gasteiger partial charge in [0.05, 0.1) is 11.8 Å². The Balaban J connectivity index is 1.57. The van der Waals surface area contributed by atoms with Gasteiger partial charge in [-0.05, 0) is 25.7 Å². The average Bonchev–Trinajstić information content (AvgIpc) is 3.23. The summed E-state index contributed by atoms with van der Waals surface area (Å²) < 4.78 is 5.21. The molecule has 0 radical (unpaired) electrons. The zero-order chi connectivity index (χ0) is 17.1. The van der Waals surface area contributed by atoms with E-state index in [9.17, 15) is 9.90 Å². The first kappa shape index (κ1) is 17.3. The van der Waals surface area contributed by atoms with Crippen LogP contribution in [0.5, 0.6) is 0 Å². The zero-order valence-electron chi connectivity index (χ0n) is 14.8. The van der Waals surface area contributed by atoms with Crippen molar-refractivity contribution in [2.45, 2.75) is 65.0 Å². The summed E-state index contributed by atoms with van der Waals surface area (Å²) in [6.45, 7) is 5.65. The summed E-state index contributed by atoms with van der Waals surface area (Å²) in [5, 5.41) is 17.4. The lowest BCUT2D eigenvalue weighted by Gasteiger charge is -2.39. The Kier molecular flexibility index (Phi) is 5.43. The van der Waals surface area contributed by atoms with E-state index in [1.165, 1.54) is 25.7 Å². The number of carbonyl (C=O) groups excluding carboxylic acids is 1. The topological polar surface area (TPSA) is 78.6 Å². The summed E-state index contributed by atoms with van der Waals surface area (Å²) in [4.78, 5) is 14.4. The van der Waals surface area contributed by atoms with Crippen LogP contribution in [0.4, 0.5) is 4.79 Å². The number of aliphatic hydroxyl groups is 1. The number of rotatable bonds is 4. The van der Waals surface area contributed by atoms with E-state index in [-0.39, 0.29) is 18.1 Å². The molecule has 6 nitrogen and oxygen atoms in total. The third-order valence-corrected chi connectivity index (χ3v) is 5.73. The van der Waals surface area contributed by atoms with Gasteiger partial charge < -0.3 is 19.8 Å². The van der Waals surface area contributed by atoms with Gasteiger partial charge in [-0.15, -0.1) is 0 Å². The largest absolute Gasteiger partial charge is 0.393 e. The van der Waals surface area contributed by atoms with Crippen LogP contribution in [-0.2, 0) is 13.0 Å². The van der Waals surface area contributed by atoms with Crippen molar-refractivity contribution in [1.82, 2.24) is 15.4 Å². The quantitative estimate of drug-likeness (QED) is 0.886. The third-order valence-electron chi connectivity index (χ3n) is 5.73. The lowest BCUT2D eigenvalue weighted by atomic mass is 9.82. The molecule has 134 valence electrons. The van der Waals surface area contributed by atoms with Gasteiger partial charge in [0.1, 0.15) is 5.76 Å². The molecule has 0 aromatic carbocycles. The number of aliphatic hydroxyl groups excluding tert-OH is 1. The van der Waals surface area contributed by atoms with Gasteiger partial charge in [0, 0.05) is 31.1 Å². The lowest BCUT2D eigenvalue weighted by molar-refractivity contribution is 0.0125.